The van der Waals surface area contributed by atoms with E-state index in [0.717, 1.165) is 5.02 Å². The molecule has 0 amide bonds. The summed E-state index contributed by atoms with van der Waals surface area (Å²) in [5, 5.41) is 3.36. The van der Waals surface area contributed by atoms with Crippen LogP contribution in [-0.4, -0.2) is 4.57 Å². The van der Waals surface area contributed by atoms with Crippen LogP contribution in [0.1, 0.15) is 25.0 Å². The van der Waals surface area contributed by atoms with E-state index in [1.54, 1.807) is 0 Å². The van der Waals surface area contributed by atoms with E-state index >= 15 is 0 Å². The first-order valence-electron chi connectivity index (χ1n) is 9.99. The maximum Gasteiger partial charge on any atom is 0.0544 e. The average Bonchev–Trinajstić information content (AvgIpc) is 3.17. The Kier molecular flexibility index (Phi) is 3.34. The number of nitrogens with zero attached hydrogens (tertiary/aromatic N) is 1. The molecular formula is C27H20ClN. The van der Waals surface area contributed by atoms with Crippen molar-refractivity contribution in [2.45, 2.75) is 19.3 Å². The Balaban J connectivity index is 1.78. The molecule has 0 fully saturated rings. The van der Waals surface area contributed by atoms with Crippen LogP contribution in [-0.2, 0) is 5.41 Å². The minimum Gasteiger partial charge on any atom is -0.309 e. The first kappa shape index (κ1) is 16.9. The molecule has 1 heterocycles. The summed E-state index contributed by atoms with van der Waals surface area (Å²) in [4.78, 5) is 0. The van der Waals surface area contributed by atoms with Gasteiger partial charge in [0.15, 0.2) is 0 Å². The molecule has 0 aliphatic heterocycles. The van der Waals surface area contributed by atoms with E-state index in [0.29, 0.717) is 0 Å². The first-order chi connectivity index (χ1) is 14.1. The summed E-state index contributed by atoms with van der Waals surface area (Å²) in [7, 11) is 0. The smallest absolute Gasteiger partial charge is 0.0544 e. The van der Waals surface area contributed by atoms with Gasteiger partial charge in [0.2, 0.25) is 0 Å². The third-order valence-corrected chi connectivity index (χ3v) is 6.68. The standard InChI is InChI=1S/C27H20ClN/c1-27(2)23-13-12-17(28)14-20(23)21-15-22-19-10-6-7-11-25(19)29(26(22)16-24(21)27)18-8-4-3-5-9-18/h3-16H,1-2H3. The second kappa shape index (κ2) is 5.75. The predicted molar refractivity (Wildman–Crippen MR) is 123 cm³/mol. The molecule has 2 heteroatoms. The quantitative estimate of drug-likeness (QED) is 0.274. The highest BCUT2D eigenvalue weighted by molar-refractivity contribution is 6.31. The van der Waals surface area contributed by atoms with E-state index in [9.17, 15) is 0 Å². The van der Waals surface area contributed by atoms with Crippen molar-refractivity contribution in [3.8, 4) is 16.8 Å². The van der Waals surface area contributed by atoms with Crippen LogP contribution >= 0.6 is 11.6 Å². The molecule has 0 N–H and O–H groups in total. The zero-order valence-corrected chi connectivity index (χ0v) is 17.2. The lowest BCUT2D eigenvalue weighted by molar-refractivity contribution is 0.661. The van der Waals surface area contributed by atoms with Gasteiger partial charge >= 0.3 is 0 Å². The van der Waals surface area contributed by atoms with Crippen LogP contribution in [0.15, 0.2) is 84.9 Å². The second-order valence-corrected chi connectivity index (χ2v) is 8.85. The molecule has 5 aromatic rings. The summed E-state index contributed by atoms with van der Waals surface area (Å²) in [6.45, 7) is 4.62. The summed E-state index contributed by atoms with van der Waals surface area (Å²) in [5.74, 6) is 0. The van der Waals surface area contributed by atoms with Crippen LogP contribution in [0.2, 0.25) is 5.02 Å². The molecule has 1 aliphatic rings. The van der Waals surface area contributed by atoms with Gasteiger partial charge in [0.25, 0.3) is 0 Å². The van der Waals surface area contributed by atoms with Crippen molar-refractivity contribution in [1.82, 2.24) is 4.57 Å². The zero-order chi connectivity index (χ0) is 19.8. The molecule has 0 saturated carbocycles. The molecule has 0 atom stereocenters. The van der Waals surface area contributed by atoms with E-state index in [1.165, 1.54) is 49.7 Å². The molecule has 1 nitrogen and oxygen atoms in total. The number of hydrogen-bond donors (Lipinski definition) is 0. The highest BCUT2D eigenvalue weighted by Gasteiger charge is 2.36. The topological polar surface area (TPSA) is 4.93 Å². The maximum absolute atomic E-state index is 6.38. The van der Waals surface area contributed by atoms with Gasteiger partial charge in [-0.25, -0.2) is 0 Å². The Morgan fingerprint density at radius 2 is 1.38 bits per heavy atom. The van der Waals surface area contributed by atoms with Crippen molar-refractivity contribution >= 4 is 33.4 Å². The minimum absolute atomic E-state index is 0.0541. The lowest BCUT2D eigenvalue weighted by Crippen LogP contribution is -2.15. The van der Waals surface area contributed by atoms with Gasteiger partial charge < -0.3 is 4.57 Å². The minimum atomic E-state index is -0.0541. The van der Waals surface area contributed by atoms with Crippen molar-refractivity contribution in [3.05, 3.63) is 101 Å². The second-order valence-electron chi connectivity index (χ2n) is 8.42. The molecule has 140 valence electrons. The summed E-state index contributed by atoms with van der Waals surface area (Å²) >= 11 is 6.38. The summed E-state index contributed by atoms with van der Waals surface area (Å²) < 4.78 is 2.39. The molecule has 0 bridgehead atoms. The molecule has 1 aliphatic carbocycles. The van der Waals surface area contributed by atoms with Gasteiger partial charge in [0.1, 0.15) is 0 Å². The molecular weight excluding hydrogens is 374 g/mol. The SMILES string of the molecule is CC1(C)c2ccc(Cl)cc2-c2cc3c4ccccc4n(-c4ccccc4)c3cc21. The Morgan fingerprint density at radius 3 is 2.21 bits per heavy atom. The van der Waals surface area contributed by atoms with Crippen molar-refractivity contribution in [2.24, 2.45) is 0 Å². The van der Waals surface area contributed by atoms with Crippen molar-refractivity contribution in [3.63, 3.8) is 0 Å². The van der Waals surface area contributed by atoms with E-state index in [1.807, 2.05) is 6.07 Å². The van der Waals surface area contributed by atoms with Gasteiger partial charge in [0.05, 0.1) is 11.0 Å². The molecule has 1 aromatic heterocycles. The Morgan fingerprint density at radius 1 is 0.655 bits per heavy atom. The largest absolute Gasteiger partial charge is 0.309 e. The number of hydrogen-bond acceptors (Lipinski definition) is 0. The molecule has 0 unspecified atom stereocenters. The molecule has 29 heavy (non-hydrogen) atoms. The van der Waals surface area contributed by atoms with Crippen molar-refractivity contribution in [2.75, 3.05) is 0 Å². The fraction of sp³-hybridized carbons (Fsp3) is 0.111. The fourth-order valence-electron chi connectivity index (χ4n) is 5.04. The van der Waals surface area contributed by atoms with Gasteiger partial charge in [-0.3, -0.25) is 0 Å². The number of aromatic nitrogens is 1. The Hall–Kier alpha value is -3.03. The first-order valence-corrected chi connectivity index (χ1v) is 10.4. The normalized spacial score (nSPS) is 14.3. The number of para-hydroxylation sites is 2. The van der Waals surface area contributed by atoms with E-state index < -0.39 is 0 Å². The summed E-state index contributed by atoms with van der Waals surface area (Å²) in [6.07, 6.45) is 0. The lowest BCUT2D eigenvalue weighted by atomic mass is 9.82. The van der Waals surface area contributed by atoms with Crippen LogP contribution < -0.4 is 0 Å². The maximum atomic E-state index is 6.38. The van der Waals surface area contributed by atoms with Crippen molar-refractivity contribution in [1.29, 1.82) is 0 Å². The van der Waals surface area contributed by atoms with Crippen LogP contribution in [0.4, 0.5) is 0 Å². The zero-order valence-electron chi connectivity index (χ0n) is 16.4. The number of halogens is 1. The molecule has 0 spiro atoms. The molecule has 4 aromatic carbocycles. The molecule has 6 rings (SSSR count). The van der Waals surface area contributed by atoms with Crippen LogP contribution in [0, 0.1) is 0 Å². The van der Waals surface area contributed by atoms with Crippen LogP contribution in [0.25, 0.3) is 38.6 Å². The highest BCUT2D eigenvalue weighted by Crippen LogP contribution is 2.51. The van der Waals surface area contributed by atoms with Crippen molar-refractivity contribution < 1.29 is 0 Å². The number of benzene rings is 4. The molecule has 0 radical (unpaired) electrons. The van der Waals surface area contributed by atoms with E-state index in [-0.39, 0.29) is 5.41 Å². The van der Waals surface area contributed by atoms with Crippen LogP contribution in [0.3, 0.4) is 0 Å². The van der Waals surface area contributed by atoms with E-state index in [2.05, 4.69) is 97.3 Å². The van der Waals surface area contributed by atoms with Gasteiger partial charge in [-0.1, -0.05) is 67.9 Å². The fourth-order valence-corrected chi connectivity index (χ4v) is 5.21. The predicted octanol–water partition coefficient (Wildman–Crippen LogP) is 7.74. The third-order valence-electron chi connectivity index (χ3n) is 6.44. The number of rotatable bonds is 1. The van der Waals surface area contributed by atoms with Crippen LogP contribution in [0.5, 0.6) is 0 Å². The number of fused-ring (bicyclic) bond motifs is 6. The van der Waals surface area contributed by atoms with Gasteiger partial charge in [0, 0.05) is 26.9 Å². The third kappa shape index (κ3) is 2.22. The summed E-state index contributed by atoms with van der Waals surface area (Å²) in [6, 6.07) is 30.4. The Labute approximate surface area is 175 Å². The summed E-state index contributed by atoms with van der Waals surface area (Å²) in [5.41, 5.74) is 8.90. The Bertz CT molecular complexity index is 1420. The average molecular weight is 394 g/mol. The molecule has 0 saturated heterocycles. The van der Waals surface area contributed by atoms with Gasteiger partial charge in [-0.2, -0.15) is 0 Å². The van der Waals surface area contributed by atoms with Gasteiger partial charge in [-0.15, -0.1) is 0 Å². The monoisotopic (exact) mass is 393 g/mol. The highest BCUT2D eigenvalue weighted by atomic mass is 35.5. The van der Waals surface area contributed by atoms with E-state index in [4.69, 9.17) is 11.6 Å². The van der Waals surface area contributed by atoms with Gasteiger partial charge in [-0.05, 0) is 64.7 Å². The lowest BCUT2D eigenvalue weighted by Gasteiger charge is -2.21.